The second-order valence-electron chi connectivity index (χ2n) is 6.11. The third kappa shape index (κ3) is 1.88. The molecule has 0 unspecified atom stereocenters. The van der Waals surface area contributed by atoms with E-state index in [9.17, 15) is 10.1 Å². The lowest BCUT2D eigenvalue weighted by Gasteiger charge is -2.30. The minimum absolute atomic E-state index is 0.0305. The van der Waals surface area contributed by atoms with E-state index >= 15 is 0 Å². The molecular weight excluding hydrogens is 300 g/mol. The molecule has 0 saturated carbocycles. The molecule has 4 bridgehead atoms. The van der Waals surface area contributed by atoms with Crippen molar-refractivity contribution in [1.82, 2.24) is 4.98 Å². The lowest BCUT2D eigenvalue weighted by molar-refractivity contribution is -0.385. The highest BCUT2D eigenvalue weighted by atomic mass is 16.7. The molecule has 2 saturated heterocycles. The monoisotopic (exact) mass is 314 g/mol. The molecule has 1 aromatic rings. The van der Waals surface area contributed by atoms with Gasteiger partial charge in [-0.25, -0.2) is 15.1 Å². The SMILES string of the molecule is O=[N+]([O-])c1cnc(N2O[C@@H]3C=C[C@H]2C3)c(N2O[C@H]3C=C[C@@H]2C3)c1. The van der Waals surface area contributed by atoms with Crippen molar-refractivity contribution in [3.05, 3.63) is 46.7 Å². The van der Waals surface area contributed by atoms with Gasteiger partial charge in [0.1, 0.15) is 24.1 Å². The Morgan fingerprint density at radius 1 is 1.09 bits per heavy atom. The number of nitro groups is 1. The van der Waals surface area contributed by atoms with Crippen molar-refractivity contribution in [2.45, 2.75) is 37.1 Å². The molecule has 23 heavy (non-hydrogen) atoms. The van der Waals surface area contributed by atoms with E-state index in [1.807, 2.05) is 12.2 Å². The first-order valence-corrected chi connectivity index (χ1v) is 7.62. The van der Waals surface area contributed by atoms with E-state index in [-0.39, 0.29) is 30.0 Å². The zero-order valence-electron chi connectivity index (χ0n) is 12.1. The Morgan fingerprint density at radius 3 is 2.26 bits per heavy atom. The van der Waals surface area contributed by atoms with Crippen LogP contribution in [0.3, 0.4) is 0 Å². The Hall–Kier alpha value is -2.45. The number of fused-ring (bicyclic) bond motifs is 4. The highest BCUT2D eigenvalue weighted by Crippen LogP contribution is 2.43. The first-order valence-electron chi connectivity index (χ1n) is 7.62. The fraction of sp³-hybridized carbons (Fsp3) is 0.400. The third-order valence-electron chi connectivity index (χ3n) is 4.63. The van der Waals surface area contributed by atoms with E-state index < -0.39 is 4.92 Å². The van der Waals surface area contributed by atoms with Crippen LogP contribution in [0.2, 0.25) is 0 Å². The zero-order chi connectivity index (χ0) is 15.6. The number of pyridine rings is 1. The normalized spacial score (nSPS) is 33.2. The van der Waals surface area contributed by atoms with Crippen molar-refractivity contribution in [2.24, 2.45) is 0 Å². The molecule has 0 aromatic carbocycles. The number of hydroxylamine groups is 2. The van der Waals surface area contributed by atoms with Crippen LogP contribution in [0.4, 0.5) is 17.2 Å². The van der Waals surface area contributed by atoms with Crippen molar-refractivity contribution in [3.63, 3.8) is 0 Å². The summed E-state index contributed by atoms with van der Waals surface area (Å²) in [4.78, 5) is 26.7. The van der Waals surface area contributed by atoms with E-state index in [2.05, 4.69) is 17.1 Å². The lowest BCUT2D eigenvalue weighted by atomic mass is 10.2. The van der Waals surface area contributed by atoms with Crippen molar-refractivity contribution < 1.29 is 14.6 Å². The van der Waals surface area contributed by atoms with Crippen molar-refractivity contribution >= 4 is 17.2 Å². The van der Waals surface area contributed by atoms with Gasteiger partial charge in [-0.3, -0.25) is 19.8 Å². The lowest BCUT2D eigenvalue weighted by Crippen LogP contribution is -2.34. The van der Waals surface area contributed by atoms with Gasteiger partial charge in [0.2, 0.25) is 0 Å². The maximum atomic E-state index is 11.1. The quantitative estimate of drug-likeness (QED) is 0.478. The van der Waals surface area contributed by atoms with Crippen LogP contribution in [0.5, 0.6) is 0 Å². The van der Waals surface area contributed by atoms with Crippen LogP contribution < -0.4 is 10.1 Å². The number of hydrogen-bond acceptors (Lipinski definition) is 7. The Morgan fingerprint density at radius 2 is 1.74 bits per heavy atom. The largest absolute Gasteiger partial charge is 0.289 e. The molecule has 2 aliphatic carbocycles. The summed E-state index contributed by atoms with van der Waals surface area (Å²) in [5, 5.41) is 14.6. The average Bonchev–Trinajstić information content (AvgIpc) is 3.34. The van der Waals surface area contributed by atoms with Crippen LogP contribution in [0.25, 0.3) is 0 Å². The average molecular weight is 314 g/mol. The second-order valence-corrected chi connectivity index (χ2v) is 6.11. The van der Waals surface area contributed by atoms with Crippen molar-refractivity contribution in [3.8, 4) is 0 Å². The van der Waals surface area contributed by atoms with Gasteiger partial charge >= 0.3 is 0 Å². The van der Waals surface area contributed by atoms with Gasteiger partial charge in [0, 0.05) is 18.9 Å². The van der Waals surface area contributed by atoms with Gasteiger partial charge in [-0.1, -0.05) is 24.3 Å². The van der Waals surface area contributed by atoms with E-state index in [4.69, 9.17) is 9.68 Å². The Labute approximate surface area is 131 Å². The summed E-state index contributed by atoms with van der Waals surface area (Å²) in [6, 6.07) is 1.71. The fourth-order valence-electron chi connectivity index (χ4n) is 3.56. The molecular formula is C15H14N4O4. The molecule has 1 aromatic heterocycles. The molecule has 2 fully saturated rings. The van der Waals surface area contributed by atoms with Crippen LogP contribution in [0.15, 0.2) is 36.6 Å². The summed E-state index contributed by atoms with van der Waals surface area (Å²) in [6.45, 7) is 0. The molecule has 0 amide bonds. The summed E-state index contributed by atoms with van der Waals surface area (Å²) in [6.07, 6.45) is 11.3. The van der Waals surface area contributed by atoms with Gasteiger partial charge < -0.3 is 0 Å². The van der Waals surface area contributed by atoms with E-state index in [1.165, 1.54) is 12.3 Å². The Kier molecular flexibility index (Phi) is 2.56. The number of rotatable bonds is 3. The van der Waals surface area contributed by atoms with Gasteiger partial charge in [-0.15, -0.1) is 0 Å². The zero-order valence-corrected chi connectivity index (χ0v) is 12.1. The van der Waals surface area contributed by atoms with Gasteiger partial charge in [0.05, 0.1) is 17.0 Å². The molecule has 4 aliphatic rings. The molecule has 8 heteroatoms. The van der Waals surface area contributed by atoms with Gasteiger partial charge in [0.15, 0.2) is 5.82 Å². The highest BCUT2D eigenvalue weighted by molar-refractivity contribution is 5.70. The maximum absolute atomic E-state index is 11.1. The van der Waals surface area contributed by atoms with Crippen molar-refractivity contribution in [1.29, 1.82) is 0 Å². The second kappa shape index (κ2) is 4.53. The topological polar surface area (TPSA) is 81.0 Å². The minimum Gasteiger partial charge on any atom is -0.265 e. The molecule has 0 N–H and O–H groups in total. The molecule has 3 heterocycles. The smallest absolute Gasteiger partial charge is 0.265 e. The molecule has 0 spiro atoms. The molecule has 0 radical (unpaired) electrons. The van der Waals surface area contributed by atoms with Crippen LogP contribution in [-0.2, 0) is 9.68 Å². The summed E-state index contributed by atoms with van der Waals surface area (Å²) in [5.41, 5.74) is 0.524. The van der Waals surface area contributed by atoms with Crippen LogP contribution in [0.1, 0.15) is 12.8 Å². The molecule has 2 aliphatic heterocycles. The predicted octanol–water partition coefficient (Wildman–Crippen LogP) is 1.89. The van der Waals surface area contributed by atoms with Gasteiger partial charge in [0.25, 0.3) is 5.69 Å². The van der Waals surface area contributed by atoms with Crippen LogP contribution >= 0.6 is 0 Å². The van der Waals surface area contributed by atoms with E-state index in [0.29, 0.717) is 11.5 Å². The first kappa shape index (κ1) is 13.0. The summed E-state index contributed by atoms with van der Waals surface area (Å²) in [7, 11) is 0. The van der Waals surface area contributed by atoms with Crippen molar-refractivity contribution in [2.75, 3.05) is 10.1 Å². The summed E-state index contributed by atoms with van der Waals surface area (Å²) >= 11 is 0. The Bertz CT molecular complexity index is 749. The number of aromatic nitrogens is 1. The molecule has 118 valence electrons. The van der Waals surface area contributed by atoms with E-state index in [0.717, 1.165) is 12.8 Å². The van der Waals surface area contributed by atoms with Crippen LogP contribution in [-0.4, -0.2) is 34.2 Å². The summed E-state index contributed by atoms with van der Waals surface area (Å²) in [5.74, 6) is 0.563. The minimum atomic E-state index is -0.443. The van der Waals surface area contributed by atoms with E-state index in [1.54, 1.807) is 10.1 Å². The number of anilines is 2. The van der Waals surface area contributed by atoms with Crippen LogP contribution in [0, 0.1) is 10.1 Å². The predicted molar refractivity (Wildman–Crippen MR) is 80.7 cm³/mol. The Balaban J connectivity index is 1.58. The number of nitrogens with zero attached hydrogens (tertiary/aromatic N) is 4. The summed E-state index contributed by atoms with van der Waals surface area (Å²) < 4.78 is 0. The molecule has 4 atom stereocenters. The number of hydrogen-bond donors (Lipinski definition) is 0. The maximum Gasteiger partial charge on any atom is 0.289 e. The van der Waals surface area contributed by atoms with Gasteiger partial charge in [-0.05, 0) is 0 Å². The third-order valence-corrected chi connectivity index (χ3v) is 4.63. The fourth-order valence-corrected chi connectivity index (χ4v) is 3.56. The first-order chi connectivity index (χ1) is 11.2. The highest BCUT2D eigenvalue weighted by Gasteiger charge is 2.42. The standard InChI is InChI=1S/C15H14N4O4/c20-19(21)11-7-14(17-9-1-3-12(5-9)22-17)15(16-8-11)18-10-2-4-13(6-10)23-18/h1-4,7-10,12-13H,5-6H2/t9-,10+,12+,13-/m1/s1. The van der Waals surface area contributed by atoms with Gasteiger partial charge in [-0.2, -0.15) is 0 Å². The molecule has 8 nitrogen and oxygen atoms in total. The molecule has 5 rings (SSSR count).